The molecule has 1 heterocycles. The van der Waals surface area contributed by atoms with E-state index in [-0.39, 0.29) is 5.41 Å². The third kappa shape index (κ3) is 3.58. The lowest BCUT2D eigenvalue weighted by Gasteiger charge is -2.25. The number of ether oxygens (including phenoxy) is 1. The number of nitrogens with zero attached hydrogens (tertiary/aromatic N) is 2. The Morgan fingerprint density at radius 3 is 2.61 bits per heavy atom. The Balaban J connectivity index is 1.96. The smallest absolute Gasteiger partial charge is 0.218 e. The zero-order valence-corrected chi connectivity index (χ0v) is 12.1. The van der Waals surface area contributed by atoms with Gasteiger partial charge in [0.25, 0.3) is 0 Å². The molecule has 1 fully saturated rings. The van der Waals surface area contributed by atoms with Crippen LogP contribution in [-0.2, 0) is 5.41 Å². The molecular weight excluding hydrogens is 248 g/mol. The van der Waals surface area contributed by atoms with Crippen LogP contribution in [0.5, 0.6) is 5.88 Å². The van der Waals surface area contributed by atoms with Gasteiger partial charge in [-0.15, -0.1) is 0 Å². The fraction of sp³-hybridized carbons (Fsp3) is 0.714. The van der Waals surface area contributed by atoms with Gasteiger partial charge in [0.15, 0.2) is 0 Å². The van der Waals surface area contributed by atoms with E-state index in [0.29, 0.717) is 11.0 Å². The van der Waals surface area contributed by atoms with Gasteiger partial charge in [-0.05, 0) is 12.3 Å². The molecule has 1 aliphatic carbocycles. The highest BCUT2D eigenvalue weighted by Gasteiger charge is 2.20. The van der Waals surface area contributed by atoms with E-state index in [1.165, 1.54) is 19.3 Å². The van der Waals surface area contributed by atoms with Crippen molar-refractivity contribution < 1.29 is 4.74 Å². The van der Waals surface area contributed by atoms with Crippen LogP contribution in [0.2, 0.25) is 5.15 Å². The van der Waals surface area contributed by atoms with Crippen molar-refractivity contribution in [2.24, 2.45) is 5.92 Å². The molecule has 0 radical (unpaired) electrons. The maximum atomic E-state index is 6.00. The SMILES string of the molecule is CC(C)(C)c1nc(Cl)cc(OCCC2CCC2)n1. The Hall–Kier alpha value is -0.830. The second-order valence-electron chi connectivity index (χ2n) is 6.04. The van der Waals surface area contributed by atoms with Gasteiger partial charge in [-0.1, -0.05) is 51.6 Å². The Bertz CT molecular complexity index is 411. The summed E-state index contributed by atoms with van der Waals surface area (Å²) in [4.78, 5) is 8.68. The molecule has 1 saturated carbocycles. The van der Waals surface area contributed by atoms with Gasteiger partial charge in [-0.25, -0.2) is 4.98 Å². The lowest BCUT2D eigenvalue weighted by molar-refractivity contribution is 0.216. The van der Waals surface area contributed by atoms with E-state index < -0.39 is 0 Å². The molecule has 0 N–H and O–H groups in total. The molecule has 0 amide bonds. The maximum Gasteiger partial charge on any atom is 0.218 e. The highest BCUT2D eigenvalue weighted by molar-refractivity contribution is 6.29. The van der Waals surface area contributed by atoms with Crippen LogP contribution >= 0.6 is 11.6 Å². The Labute approximate surface area is 114 Å². The van der Waals surface area contributed by atoms with E-state index in [0.717, 1.165) is 24.8 Å². The van der Waals surface area contributed by atoms with Crippen LogP contribution in [0.3, 0.4) is 0 Å². The van der Waals surface area contributed by atoms with Crippen LogP contribution in [0.1, 0.15) is 52.3 Å². The number of hydrogen-bond acceptors (Lipinski definition) is 3. The van der Waals surface area contributed by atoms with E-state index in [2.05, 4.69) is 30.7 Å². The van der Waals surface area contributed by atoms with E-state index in [1.807, 2.05) is 0 Å². The minimum absolute atomic E-state index is 0.114. The maximum absolute atomic E-state index is 6.00. The molecule has 0 saturated heterocycles. The van der Waals surface area contributed by atoms with Crippen molar-refractivity contribution >= 4 is 11.6 Å². The second kappa shape index (κ2) is 5.43. The lowest BCUT2D eigenvalue weighted by atomic mass is 9.83. The Morgan fingerprint density at radius 1 is 1.33 bits per heavy atom. The van der Waals surface area contributed by atoms with Gasteiger partial charge in [0.1, 0.15) is 11.0 Å². The fourth-order valence-electron chi connectivity index (χ4n) is 1.92. The molecule has 0 spiro atoms. The van der Waals surface area contributed by atoms with E-state index in [1.54, 1.807) is 6.07 Å². The topological polar surface area (TPSA) is 35.0 Å². The highest BCUT2D eigenvalue weighted by Crippen LogP contribution is 2.29. The molecule has 0 atom stereocenters. The summed E-state index contributed by atoms with van der Waals surface area (Å²) in [5.41, 5.74) is -0.114. The summed E-state index contributed by atoms with van der Waals surface area (Å²) in [6.07, 6.45) is 5.19. The van der Waals surface area contributed by atoms with E-state index >= 15 is 0 Å². The second-order valence-corrected chi connectivity index (χ2v) is 6.42. The number of rotatable bonds is 4. The van der Waals surface area contributed by atoms with Crippen LogP contribution in [0.15, 0.2) is 6.07 Å². The molecule has 0 bridgehead atoms. The summed E-state index contributed by atoms with van der Waals surface area (Å²) in [7, 11) is 0. The van der Waals surface area contributed by atoms with E-state index in [4.69, 9.17) is 16.3 Å². The van der Waals surface area contributed by atoms with Gasteiger partial charge < -0.3 is 4.74 Å². The molecule has 3 nitrogen and oxygen atoms in total. The number of aromatic nitrogens is 2. The van der Waals surface area contributed by atoms with Gasteiger partial charge in [0.2, 0.25) is 5.88 Å². The summed E-state index contributed by atoms with van der Waals surface area (Å²) in [6, 6.07) is 1.69. The van der Waals surface area contributed by atoms with Crippen LogP contribution < -0.4 is 4.74 Å². The first-order valence-electron chi connectivity index (χ1n) is 6.63. The van der Waals surface area contributed by atoms with Crippen LogP contribution in [0.25, 0.3) is 0 Å². The zero-order chi connectivity index (χ0) is 13.2. The third-order valence-electron chi connectivity index (χ3n) is 3.34. The fourth-order valence-corrected chi connectivity index (χ4v) is 2.09. The summed E-state index contributed by atoms with van der Waals surface area (Å²) >= 11 is 6.00. The van der Waals surface area contributed by atoms with Crippen molar-refractivity contribution in [3.05, 3.63) is 17.0 Å². The largest absolute Gasteiger partial charge is 0.478 e. The van der Waals surface area contributed by atoms with Crippen LogP contribution in [-0.4, -0.2) is 16.6 Å². The average Bonchev–Trinajstić information content (AvgIpc) is 2.20. The van der Waals surface area contributed by atoms with Crippen molar-refractivity contribution in [1.82, 2.24) is 9.97 Å². The highest BCUT2D eigenvalue weighted by atomic mass is 35.5. The van der Waals surface area contributed by atoms with Crippen molar-refractivity contribution in [1.29, 1.82) is 0 Å². The predicted octanol–water partition coefficient (Wildman–Crippen LogP) is 4.00. The minimum atomic E-state index is -0.114. The van der Waals surface area contributed by atoms with Gasteiger partial charge in [-0.3, -0.25) is 0 Å². The lowest BCUT2D eigenvalue weighted by Crippen LogP contribution is -2.18. The minimum Gasteiger partial charge on any atom is -0.478 e. The van der Waals surface area contributed by atoms with Crippen LogP contribution in [0.4, 0.5) is 0 Å². The first kappa shape index (κ1) is 13.6. The molecule has 1 aromatic rings. The first-order valence-corrected chi connectivity index (χ1v) is 7.01. The monoisotopic (exact) mass is 268 g/mol. The molecule has 100 valence electrons. The molecule has 0 aromatic carbocycles. The summed E-state index contributed by atoms with van der Waals surface area (Å²) in [5, 5.41) is 0.452. The molecule has 2 rings (SSSR count). The van der Waals surface area contributed by atoms with Crippen molar-refractivity contribution in [2.45, 2.75) is 51.9 Å². The van der Waals surface area contributed by atoms with Gasteiger partial charge in [-0.2, -0.15) is 4.98 Å². The number of hydrogen-bond donors (Lipinski definition) is 0. The average molecular weight is 269 g/mol. The molecule has 4 heteroatoms. The van der Waals surface area contributed by atoms with Gasteiger partial charge in [0.05, 0.1) is 6.61 Å². The van der Waals surface area contributed by atoms with E-state index in [9.17, 15) is 0 Å². The van der Waals surface area contributed by atoms with Crippen molar-refractivity contribution in [3.63, 3.8) is 0 Å². The predicted molar refractivity (Wildman–Crippen MR) is 73.2 cm³/mol. The summed E-state index contributed by atoms with van der Waals surface area (Å²) < 4.78 is 5.69. The van der Waals surface area contributed by atoms with Crippen molar-refractivity contribution in [2.75, 3.05) is 6.61 Å². The van der Waals surface area contributed by atoms with Crippen LogP contribution in [0, 0.1) is 5.92 Å². The standard InChI is InChI=1S/C14H21ClN2O/c1-14(2,3)13-16-11(15)9-12(17-13)18-8-7-10-5-4-6-10/h9-10H,4-8H2,1-3H3. The molecule has 0 aliphatic heterocycles. The summed E-state index contributed by atoms with van der Waals surface area (Å²) in [6.45, 7) is 6.92. The third-order valence-corrected chi connectivity index (χ3v) is 3.54. The normalized spacial score (nSPS) is 16.4. The molecule has 0 unspecified atom stereocenters. The Kier molecular flexibility index (Phi) is 4.10. The molecule has 1 aliphatic rings. The number of halogens is 1. The quantitative estimate of drug-likeness (QED) is 0.775. The summed E-state index contributed by atoms with van der Waals surface area (Å²) in [5.74, 6) is 2.18. The molecular formula is C14H21ClN2O. The van der Waals surface area contributed by atoms with Gasteiger partial charge in [0, 0.05) is 11.5 Å². The first-order chi connectivity index (χ1) is 8.45. The molecule has 18 heavy (non-hydrogen) atoms. The molecule has 1 aromatic heterocycles. The van der Waals surface area contributed by atoms with Gasteiger partial charge >= 0.3 is 0 Å². The van der Waals surface area contributed by atoms with Crippen molar-refractivity contribution in [3.8, 4) is 5.88 Å². The Morgan fingerprint density at radius 2 is 2.06 bits per heavy atom. The zero-order valence-electron chi connectivity index (χ0n) is 11.4.